The molecule has 2 aromatic carbocycles. The standard InChI is InChI=1S/C20H18O8.C4H6O6/c1-11-7-3-5-9-13(11)15(21)19(27,17(23)24)20(28,18(25)26)16(22)14-10-6-4-8-12(14)2;5-1(3(7)8)2(6)4(9)10/h3-10,27-28H,1-2H3,(H,23,24)(H,25,26);1-2,5-6H,(H,7,8)(H,9,10). The third-order valence-electron chi connectivity index (χ3n) is 5.38. The predicted octanol–water partition coefficient (Wildman–Crippen LogP) is -1.12. The number of aliphatic hydroxyl groups is 4. The SMILES string of the molecule is Cc1ccccc1C(=O)C(O)(C(=O)O)C(O)(C(=O)O)C(=O)c1ccccc1C.O=C(O)C(O)C(O)C(=O)O. The van der Waals surface area contributed by atoms with E-state index < -0.39 is 58.9 Å². The average molecular weight is 536 g/mol. The minimum atomic E-state index is -3.97. The second-order valence-electron chi connectivity index (χ2n) is 7.89. The number of Topliss-reactive ketones (excluding diaryl/α,β-unsaturated/α-hetero) is 2. The van der Waals surface area contributed by atoms with Gasteiger partial charge in [-0.3, -0.25) is 9.59 Å². The Morgan fingerprint density at radius 3 is 1.05 bits per heavy atom. The highest BCUT2D eigenvalue weighted by atomic mass is 16.5. The number of aryl methyl sites for hydroxylation is 2. The summed E-state index contributed by atoms with van der Waals surface area (Å²) in [6.45, 7) is 2.86. The first-order valence-corrected chi connectivity index (χ1v) is 10.4. The van der Waals surface area contributed by atoms with Crippen LogP contribution in [0.3, 0.4) is 0 Å². The lowest BCUT2D eigenvalue weighted by Crippen LogP contribution is -2.71. The maximum Gasteiger partial charge on any atom is 0.348 e. The van der Waals surface area contributed by atoms with Crippen LogP contribution in [0.1, 0.15) is 31.8 Å². The maximum atomic E-state index is 12.9. The number of carbonyl (C=O) groups is 6. The minimum Gasteiger partial charge on any atom is -0.479 e. The van der Waals surface area contributed by atoms with E-state index in [-0.39, 0.29) is 22.3 Å². The average Bonchev–Trinajstić information content (AvgIpc) is 2.86. The van der Waals surface area contributed by atoms with Crippen LogP contribution in [0.5, 0.6) is 0 Å². The fourth-order valence-corrected chi connectivity index (χ4v) is 3.15. The molecule has 4 atom stereocenters. The molecule has 0 aliphatic rings. The van der Waals surface area contributed by atoms with Crippen molar-refractivity contribution in [2.24, 2.45) is 0 Å². The molecular formula is C24H24O14. The molecule has 0 aromatic heterocycles. The predicted molar refractivity (Wildman–Crippen MR) is 123 cm³/mol. The summed E-state index contributed by atoms with van der Waals surface area (Å²) >= 11 is 0. The first-order valence-electron chi connectivity index (χ1n) is 10.4. The van der Waals surface area contributed by atoms with Crippen molar-refractivity contribution in [2.45, 2.75) is 37.3 Å². The molecule has 0 amide bonds. The van der Waals surface area contributed by atoms with Crippen molar-refractivity contribution in [1.29, 1.82) is 0 Å². The zero-order valence-electron chi connectivity index (χ0n) is 19.8. The third-order valence-corrected chi connectivity index (χ3v) is 5.38. The van der Waals surface area contributed by atoms with Crippen molar-refractivity contribution in [3.8, 4) is 0 Å². The van der Waals surface area contributed by atoms with Gasteiger partial charge in [0.2, 0.25) is 11.6 Å². The van der Waals surface area contributed by atoms with Gasteiger partial charge < -0.3 is 40.9 Å². The highest BCUT2D eigenvalue weighted by molar-refractivity contribution is 6.28. The normalized spacial score (nSPS) is 15.3. The molecule has 4 unspecified atom stereocenters. The Morgan fingerprint density at radius 1 is 0.579 bits per heavy atom. The molecule has 2 rings (SSSR count). The molecular weight excluding hydrogens is 512 g/mol. The molecule has 0 saturated carbocycles. The van der Waals surface area contributed by atoms with Gasteiger partial charge in [0.1, 0.15) is 0 Å². The Balaban J connectivity index is 0.000000612. The second kappa shape index (κ2) is 12.2. The van der Waals surface area contributed by atoms with Gasteiger partial charge in [-0.05, 0) is 25.0 Å². The lowest BCUT2D eigenvalue weighted by molar-refractivity contribution is -0.187. The molecule has 0 heterocycles. The molecule has 0 aliphatic carbocycles. The number of ketones is 2. The smallest absolute Gasteiger partial charge is 0.348 e. The summed E-state index contributed by atoms with van der Waals surface area (Å²) in [7, 11) is 0. The van der Waals surface area contributed by atoms with Crippen molar-refractivity contribution in [3.63, 3.8) is 0 Å². The minimum absolute atomic E-state index is 0.225. The summed E-state index contributed by atoms with van der Waals surface area (Å²) < 4.78 is 0. The van der Waals surface area contributed by atoms with E-state index in [0.29, 0.717) is 0 Å². The molecule has 2 aromatic rings. The Hall–Kier alpha value is -4.50. The van der Waals surface area contributed by atoms with Gasteiger partial charge in [-0.15, -0.1) is 0 Å². The van der Waals surface area contributed by atoms with Crippen LogP contribution in [0, 0.1) is 13.8 Å². The highest BCUT2D eigenvalue weighted by Crippen LogP contribution is 2.33. The molecule has 0 bridgehead atoms. The monoisotopic (exact) mass is 536 g/mol. The van der Waals surface area contributed by atoms with Gasteiger partial charge in [-0.25, -0.2) is 19.2 Å². The van der Waals surface area contributed by atoms with Crippen LogP contribution in [-0.4, -0.2) is 99.7 Å². The Labute approximate surface area is 213 Å². The molecule has 14 heteroatoms. The summed E-state index contributed by atoms with van der Waals surface area (Å²) in [5.41, 5.74) is -8.17. The van der Waals surface area contributed by atoms with Gasteiger partial charge in [-0.2, -0.15) is 0 Å². The van der Waals surface area contributed by atoms with Crippen molar-refractivity contribution in [3.05, 3.63) is 70.8 Å². The number of benzene rings is 2. The van der Waals surface area contributed by atoms with Crippen LogP contribution in [0.2, 0.25) is 0 Å². The van der Waals surface area contributed by atoms with E-state index in [1.165, 1.54) is 50.2 Å². The summed E-state index contributed by atoms with van der Waals surface area (Å²) in [5.74, 6) is -11.5. The van der Waals surface area contributed by atoms with Crippen LogP contribution in [-0.2, 0) is 19.2 Å². The molecule has 0 saturated heterocycles. The van der Waals surface area contributed by atoms with Gasteiger partial charge in [0.15, 0.2) is 12.2 Å². The molecule has 0 radical (unpaired) electrons. The van der Waals surface area contributed by atoms with Crippen molar-refractivity contribution < 1.29 is 69.6 Å². The Morgan fingerprint density at radius 2 is 0.842 bits per heavy atom. The van der Waals surface area contributed by atoms with E-state index in [1.807, 2.05) is 0 Å². The fraction of sp³-hybridized carbons (Fsp3) is 0.250. The number of carboxylic acid groups (broad SMARTS) is 4. The summed E-state index contributed by atoms with van der Waals surface area (Å²) in [5, 5.41) is 73.1. The second-order valence-corrected chi connectivity index (χ2v) is 7.89. The molecule has 38 heavy (non-hydrogen) atoms. The van der Waals surface area contributed by atoms with E-state index in [9.17, 15) is 49.2 Å². The number of hydrogen-bond acceptors (Lipinski definition) is 10. The lowest BCUT2D eigenvalue weighted by atomic mass is 9.72. The third kappa shape index (κ3) is 5.90. The Kier molecular flexibility index (Phi) is 10.1. The van der Waals surface area contributed by atoms with Gasteiger partial charge in [0.05, 0.1) is 0 Å². The van der Waals surface area contributed by atoms with E-state index in [2.05, 4.69) is 0 Å². The molecule has 0 spiro atoms. The highest BCUT2D eigenvalue weighted by Gasteiger charge is 2.70. The van der Waals surface area contributed by atoms with E-state index in [0.717, 1.165) is 12.1 Å². The zero-order valence-corrected chi connectivity index (χ0v) is 19.8. The van der Waals surface area contributed by atoms with Crippen LogP contribution in [0.4, 0.5) is 0 Å². The largest absolute Gasteiger partial charge is 0.479 e. The van der Waals surface area contributed by atoms with Crippen LogP contribution in [0.25, 0.3) is 0 Å². The molecule has 14 nitrogen and oxygen atoms in total. The lowest BCUT2D eigenvalue weighted by Gasteiger charge is -2.35. The van der Waals surface area contributed by atoms with Crippen molar-refractivity contribution in [2.75, 3.05) is 0 Å². The van der Waals surface area contributed by atoms with E-state index >= 15 is 0 Å². The summed E-state index contributed by atoms with van der Waals surface area (Å²) in [4.78, 5) is 69.1. The van der Waals surface area contributed by atoms with E-state index in [4.69, 9.17) is 20.4 Å². The number of aliphatic carboxylic acids is 4. The number of rotatable bonds is 10. The zero-order chi connectivity index (χ0) is 29.6. The molecule has 204 valence electrons. The van der Waals surface area contributed by atoms with Crippen LogP contribution in [0.15, 0.2) is 48.5 Å². The number of carboxylic acids is 4. The quantitative estimate of drug-likeness (QED) is 0.132. The first kappa shape index (κ1) is 31.5. The molecule has 0 fully saturated rings. The number of hydrogen-bond donors (Lipinski definition) is 8. The van der Waals surface area contributed by atoms with Crippen LogP contribution >= 0.6 is 0 Å². The van der Waals surface area contributed by atoms with Gasteiger partial charge >= 0.3 is 23.9 Å². The van der Waals surface area contributed by atoms with Gasteiger partial charge in [0, 0.05) is 11.1 Å². The number of carbonyl (C=O) groups excluding carboxylic acids is 2. The number of aliphatic hydroxyl groups excluding tert-OH is 2. The van der Waals surface area contributed by atoms with Gasteiger partial charge in [-0.1, -0.05) is 48.5 Å². The summed E-state index contributed by atoms with van der Waals surface area (Å²) in [6, 6.07) is 11.0. The fourth-order valence-electron chi connectivity index (χ4n) is 3.15. The van der Waals surface area contributed by atoms with Crippen molar-refractivity contribution >= 4 is 35.4 Å². The molecule has 0 aliphatic heterocycles. The maximum absolute atomic E-state index is 12.9. The topological polar surface area (TPSA) is 264 Å². The summed E-state index contributed by atoms with van der Waals surface area (Å²) in [6.07, 6.45) is -4.53. The van der Waals surface area contributed by atoms with Gasteiger partial charge in [0.25, 0.3) is 11.2 Å². The van der Waals surface area contributed by atoms with Crippen molar-refractivity contribution in [1.82, 2.24) is 0 Å². The van der Waals surface area contributed by atoms with Crippen LogP contribution < -0.4 is 0 Å². The Bertz CT molecular complexity index is 1170. The molecule has 8 N–H and O–H groups in total. The van der Waals surface area contributed by atoms with E-state index in [1.54, 1.807) is 0 Å². The first-order chi connectivity index (χ1) is 17.5.